The zero-order valence-corrected chi connectivity index (χ0v) is 15.7. The van der Waals surface area contributed by atoms with Crippen molar-refractivity contribution in [3.8, 4) is 5.75 Å². The Morgan fingerprint density at radius 3 is 2.19 bits per heavy atom. The molecule has 0 atom stereocenters. The molecule has 2 rings (SSSR count). The van der Waals surface area contributed by atoms with Crippen molar-refractivity contribution < 1.29 is 37.7 Å². The molecule has 1 aromatic carbocycles. The molecular formula is C13H18ClCuN5O7. The van der Waals surface area contributed by atoms with Crippen LogP contribution >= 0.6 is 11.6 Å². The molecule has 1 heterocycles. The first-order chi connectivity index (χ1) is 12.2. The van der Waals surface area contributed by atoms with Crippen LogP contribution in [-0.2, 0) is 17.1 Å². The van der Waals surface area contributed by atoms with E-state index in [9.17, 15) is 5.11 Å². The van der Waals surface area contributed by atoms with Crippen LogP contribution in [0.2, 0.25) is 5.02 Å². The molecule has 1 saturated heterocycles. The summed E-state index contributed by atoms with van der Waals surface area (Å²) in [5, 5.41) is 43.9. The van der Waals surface area contributed by atoms with E-state index in [2.05, 4.69) is 15.2 Å². The van der Waals surface area contributed by atoms with Gasteiger partial charge >= 0.3 is 17.1 Å². The molecule has 1 aliphatic rings. The van der Waals surface area contributed by atoms with Crippen LogP contribution in [0.3, 0.4) is 0 Å². The smallest absolute Gasteiger partial charge is 0.872 e. The van der Waals surface area contributed by atoms with Crippen LogP contribution in [-0.4, -0.2) is 60.6 Å². The van der Waals surface area contributed by atoms with Gasteiger partial charge in [-0.1, -0.05) is 23.4 Å². The number of benzene rings is 1. The van der Waals surface area contributed by atoms with Crippen molar-refractivity contribution in [2.24, 2.45) is 4.99 Å². The molecular weight excluding hydrogens is 437 g/mol. The van der Waals surface area contributed by atoms with Crippen molar-refractivity contribution in [2.45, 2.75) is 0 Å². The molecule has 0 amide bonds. The standard InChI is InChI=1S/C13H18ClN3O.Cu.2NO3/c14-12-1-2-13(18)11(9-12)10-16-5-8-17-6-3-15-4-7-17;;2*2-1(3)4/h1-2,9-10,15,18H,3-8H2;;;/q;+2;2*-1. The third-order valence-corrected chi connectivity index (χ3v) is 3.28. The van der Waals surface area contributed by atoms with Crippen LogP contribution in [0, 0.1) is 30.6 Å². The number of rotatable bonds is 4. The number of quaternary nitrogens is 1. The van der Waals surface area contributed by atoms with Crippen molar-refractivity contribution in [2.75, 3.05) is 39.3 Å². The number of nitrogens with zero attached hydrogens (tertiary/aromatic N) is 4. The predicted octanol–water partition coefficient (Wildman–Crippen LogP) is -0.769. The Bertz CT molecular complexity index is 582. The number of hydrogen-bond acceptors (Lipinski definition) is 9. The second-order valence-electron chi connectivity index (χ2n) is 4.87. The quantitative estimate of drug-likeness (QED) is 0.265. The fraction of sp³-hybridized carbons (Fsp3) is 0.462. The van der Waals surface area contributed by atoms with Gasteiger partial charge in [-0.25, -0.2) is 0 Å². The summed E-state index contributed by atoms with van der Waals surface area (Å²) in [6.07, 6.45) is 1.63. The molecule has 1 radical (unpaired) electrons. The molecule has 1 fully saturated rings. The van der Waals surface area contributed by atoms with E-state index in [0.717, 1.165) is 26.2 Å². The first-order valence-corrected chi connectivity index (χ1v) is 7.73. The second-order valence-corrected chi connectivity index (χ2v) is 5.31. The van der Waals surface area contributed by atoms with Crippen molar-refractivity contribution in [3.05, 3.63) is 59.4 Å². The van der Waals surface area contributed by atoms with Gasteiger partial charge in [0.05, 0.1) is 29.8 Å². The molecule has 2 N–H and O–H groups in total. The van der Waals surface area contributed by atoms with E-state index in [4.69, 9.17) is 42.2 Å². The zero-order valence-electron chi connectivity index (χ0n) is 14.0. The largest absolute Gasteiger partial charge is 2.00 e. The maximum atomic E-state index is 11.5. The molecule has 1 aromatic rings. The Kier molecular flexibility index (Phi) is 16.1. The van der Waals surface area contributed by atoms with Crippen molar-refractivity contribution in [3.63, 3.8) is 0 Å². The normalized spacial score (nSPS) is 13.4. The van der Waals surface area contributed by atoms with E-state index in [1.165, 1.54) is 19.2 Å². The van der Waals surface area contributed by atoms with Gasteiger partial charge in [0, 0.05) is 30.9 Å². The molecule has 12 nitrogen and oxygen atoms in total. The average Bonchev–Trinajstić information content (AvgIpc) is 2.54. The molecule has 14 heteroatoms. The van der Waals surface area contributed by atoms with E-state index in [1.54, 1.807) is 18.3 Å². The summed E-state index contributed by atoms with van der Waals surface area (Å²) in [4.78, 5) is 23.2. The summed E-state index contributed by atoms with van der Waals surface area (Å²) in [5.74, 6) is -0.0317. The minimum Gasteiger partial charge on any atom is -0.872 e. The van der Waals surface area contributed by atoms with Crippen LogP contribution in [0.15, 0.2) is 23.2 Å². The summed E-state index contributed by atoms with van der Waals surface area (Å²) in [5.41, 5.74) is 0.564. The molecule has 0 aromatic heterocycles. The molecule has 0 aliphatic carbocycles. The Hall–Kier alpha value is -2.18. The number of nitrogens with two attached hydrogens (primary N) is 1. The maximum Gasteiger partial charge on any atom is 2.00 e. The van der Waals surface area contributed by atoms with Gasteiger partial charge in [-0.05, 0) is 17.7 Å². The first kappa shape index (κ1) is 27.0. The maximum absolute atomic E-state index is 11.5. The monoisotopic (exact) mass is 454 g/mol. The van der Waals surface area contributed by atoms with Crippen molar-refractivity contribution >= 4 is 17.8 Å². The van der Waals surface area contributed by atoms with E-state index < -0.39 is 10.2 Å². The predicted molar refractivity (Wildman–Crippen MR) is 92.2 cm³/mol. The van der Waals surface area contributed by atoms with Gasteiger partial charge in [-0.15, -0.1) is 0 Å². The van der Waals surface area contributed by atoms with E-state index in [1.807, 2.05) is 0 Å². The van der Waals surface area contributed by atoms with Gasteiger partial charge in [-0.3, -0.25) is 9.89 Å². The third kappa shape index (κ3) is 17.0. The third-order valence-electron chi connectivity index (χ3n) is 3.05. The molecule has 155 valence electrons. The van der Waals surface area contributed by atoms with Gasteiger partial charge in [0.2, 0.25) is 0 Å². The van der Waals surface area contributed by atoms with E-state index >= 15 is 0 Å². The summed E-state index contributed by atoms with van der Waals surface area (Å²) >= 11 is 5.84. The Balaban J connectivity index is 0. The van der Waals surface area contributed by atoms with Gasteiger partial charge in [0.1, 0.15) is 0 Å². The van der Waals surface area contributed by atoms with Crippen LogP contribution < -0.4 is 10.4 Å². The van der Waals surface area contributed by atoms with Gasteiger partial charge in [-0.2, -0.15) is 0 Å². The van der Waals surface area contributed by atoms with Gasteiger partial charge in [0.15, 0.2) is 0 Å². The molecule has 27 heavy (non-hydrogen) atoms. The van der Waals surface area contributed by atoms with E-state index in [-0.39, 0.29) is 22.8 Å². The number of halogens is 1. The van der Waals surface area contributed by atoms with Crippen molar-refractivity contribution in [1.29, 1.82) is 0 Å². The Labute approximate surface area is 170 Å². The molecule has 0 saturated carbocycles. The van der Waals surface area contributed by atoms with Crippen LogP contribution in [0.25, 0.3) is 0 Å². The summed E-state index contributed by atoms with van der Waals surface area (Å²) in [7, 11) is 0. The molecule has 0 spiro atoms. The fourth-order valence-corrected chi connectivity index (χ4v) is 2.19. The minimum absolute atomic E-state index is 0. The summed E-state index contributed by atoms with van der Waals surface area (Å²) in [6, 6.07) is 4.73. The average molecular weight is 455 g/mol. The first-order valence-electron chi connectivity index (χ1n) is 7.35. The Morgan fingerprint density at radius 1 is 1.15 bits per heavy atom. The van der Waals surface area contributed by atoms with E-state index in [0.29, 0.717) is 10.6 Å². The number of hydrogen-bond donors (Lipinski definition) is 1. The number of piperazine rings is 1. The molecule has 1 aliphatic heterocycles. The Morgan fingerprint density at radius 2 is 1.67 bits per heavy atom. The fourth-order valence-electron chi connectivity index (χ4n) is 2.01. The van der Waals surface area contributed by atoms with Crippen LogP contribution in [0.4, 0.5) is 0 Å². The summed E-state index contributed by atoms with van der Waals surface area (Å²) in [6.45, 7) is 6.27. The van der Waals surface area contributed by atoms with Gasteiger partial charge < -0.3 is 41.1 Å². The van der Waals surface area contributed by atoms with Crippen LogP contribution in [0.5, 0.6) is 5.75 Å². The molecule has 0 bridgehead atoms. The topological polar surface area (TPSA) is 188 Å². The minimum atomic E-state index is -1.75. The van der Waals surface area contributed by atoms with Crippen LogP contribution in [0.1, 0.15) is 5.56 Å². The summed E-state index contributed by atoms with van der Waals surface area (Å²) < 4.78 is 0. The molecule has 0 unspecified atom stereocenters. The SMILES string of the molecule is O=[N+]([O-])[O-].O=[N+]([O-])[O-].[Cu+2].[O-]c1ccc(Cl)cc1C=NCCN1CC[NH2+]CC1. The second kappa shape index (κ2) is 16.0. The zero-order chi connectivity index (χ0) is 19.9. The van der Waals surface area contributed by atoms with Crippen molar-refractivity contribution in [1.82, 2.24) is 4.90 Å². The van der Waals surface area contributed by atoms with Gasteiger partial charge in [0.25, 0.3) is 0 Å². The number of aliphatic imine (C=N–C) groups is 1.